The van der Waals surface area contributed by atoms with Crippen LogP contribution in [0.2, 0.25) is 0 Å². The Labute approximate surface area is 415 Å². The zero-order valence-electron chi connectivity index (χ0n) is 37.3. The van der Waals surface area contributed by atoms with Gasteiger partial charge in [-0.25, -0.2) is 14.8 Å². The van der Waals surface area contributed by atoms with E-state index < -0.39 is 41.2 Å². The molecule has 18 nitrogen and oxygen atoms in total. The molecule has 2 aliphatic heterocycles. The predicted molar refractivity (Wildman–Crippen MR) is 273 cm³/mol. The quantitative estimate of drug-likeness (QED) is 0.0457. The average Bonchev–Trinajstić information content (AvgIpc) is 4.20. The molecule has 0 amide bonds. The number of hydrogen-bond acceptors (Lipinski definition) is 11. The molecule has 0 radical (unpaired) electrons. The minimum atomic E-state index is -4.64. The fourth-order valence-electron chi connectivity index (χ4n) is 8.85. The maximum absolute atomic E-state index is 12.3. The Morgan fingerprint density at radius 3 is 1.18 bits per heavy atom. The maximum atomic E-state index is 12.3. The first-order chi connectivity index (χ1) is 34.7. The lowest BCUT2D eigenvalue weighted by atomic mass is 10.0. The predicted octanol–water partition coefficient (Wildman–Crippen LogP) is 10.2. The van der Waals surface area contributed by atoms with Gasteiger partial charge >= 0.3 is 5.97 Å². The number of aromatic carboxylic acids is 1. The summed E-state index contributed by atoms with van der Waals surface area (Å²) in [4.78, 5) is 36.0. The molecule has 364 valence electrons. The van der Waals surface area contributed by atoms with Gasteiger partial charge in [0, 0.05) is 52.0 Å². The molecule has 3 aromatic heterocycles. The van der Waals surface area contributed by atoms with Crippen LogP contribution < -0.4 is 0 Å². The van der Waals surface area contributed by atoms with Gasteiger partial charge in [-0.05, 0) is 125 Å². The number of nitro benzene ring substituents is 1. The third-order valence-electron chi connectivity index (χ3n) is 12.3. The summed E-state index contributed by atoms with van der Waals surface area (Å²) in [5, 5.41) is 21.6. The van der Waals surface area contributed by atoms with Crippen LogP contribution in [0.25, 0.3) is 90.9 Å². The van der Waals surface area contributed by atoms with Crippen molar-refractivity contribution in [2.45, 2.75) is 21.2 Å². The number of aromatic nitrogens is 4. The molecular weight excluding hydrogens is 999 g/mol. The number of carboxylic acid groups (broad SMARTS) is 1. The highest BCUT2D eigenvalue weighted by molar-refractivity contribution is 7.86. The second-order valence-corrected chi connectivity index (χ2v) is 21.0. The molecule has 8 aromatic rings. The summed E-state index contributed by atoms with van der Waals surface area (Å²) in [6.45, 7) is 0.0322. The molecule has 5 aromatic carbocycles. The monoisotopic (exact) mass is 1030 g/mol. The zero-order valence-corrected chi connectivity index (χ0v) is 39.8. The lowest BCUT2D eigenvalue weighted by Crippen LogP contribution is -2.03. The molecule has 0 saturated carbocycles. The molecule has 0 saturated heterocycles. The van der Waals surface area contributed by atoms with Crippen molar-refractivity contribution < 1.29 is 53.7 Å². The second kappa shape index (κ2) is 18.2. The number of hydrogen-bond donors (Lipinski definition) is 5. The molecule has 73 heavy (non-hydrogen) atoms. The lowest BCUT2D eigenvalue weighted by Gasteiger charge is -2.14. The lowest BCUT2D eigenvalue weighted by molar-refractivity contribution is -0.384. The molecular formula is C52H35N5O13S3. The number of benzene rings is 5. The van der Waals surface area contributed by atoms with Crippen molar-refractivity contribution in [3.63, 3.8) is 0 Å². The normalized spacial score (nSPS) is 12.5. The number of H-pyrrole nitrogens is 1. The highest BCUT2D eigenvalue weighted by atomic mass is 32.2. The van der Waals surface area contributed by atoms with Crippen LogP contribution in [-0.4, -0.2) is 74.4 Å². The maximum Gasteiger partial charge on any atom is 0.335 e. The van der Waals surface area contributed by atoms with Crippen LogP contribution in [0, 0.1) is 10.1 Å². The van der Waals surface area contributed by atoms with E-state index in [0.29, 0.717) is 94.9 Å². The number of nitro groups is 1. The number of carboxylic acids is 1. The smallest absolute Gasteiger partial charge is 0.335 e. The van der Waals surface area contributed by atoms with Crippen molar-refractivity contribution in [2.24, 2.45) is 0 Å². The number of carbonyl (C=O) groups is 1. The average molecular weight is 1030 g/mol. The van der Waals surface area contributed by atoms with Gasteiger partial charge in [0.2, 0.25) is 0 Å². The SMILES string of the molecule is O=C(O)c1ccc(-c2c3nc(c(-c4ccc(S(=O)(=O)O)cc4)c4ccc(c(-c5ccc(S(=O)(=O)O)cc5)c5nc(c(-c6ccc(S(=O)(=O)O)cc6)c6ccc2[nH]6)C=C5)n4Cc2ccc([N+](=O)[O-])cc2)C=C3)cc1. The minimum absolute atomic E-state index is 0.0297. The number of rotatable bonds is 11. The van der Waals surface area contributed by atoms with E-state index in [1.807, 2.05) is 4.57 Å². The third kappa shape index (κ3) is 9.37. The summed E-state index contributed by atoms with van der Waals surface area (Å²) in [6.07, 6.45) is 6.95. The van der Waals surface area contributed by atoms with Crippen molar-refractivity contribution in [1.29, 1.82) is 0 Å². The van der Waals surface area contributed by atoms with Crippen LogP contribution >= 0.6 is 0 Å². The second-order valence-electron chi connectivity index (χ2n) is 16.7. The van der Waals surface area contributed by atoms with E-state index in [1.54, 1.807) is 72.8 Å². The molecule has 8 bridgehead atoms. The van der Waals surface area contributed by atoms with E-state index in [4.69, 9.17) is 9.97 Å². The molecule has 0 fully saturated rings. The van der Waals surface area contributed by atoms with Gasteiger partial charge in [-0.3, -0.25) is 23.8 Å². The molecule has 5 N–H and O–H groups in total. The first-order valence-corrected chi connectivity index (χ1v) is 26.0. The van der Waals surface area contributed by atoms with Crippen LogP contribution in [-0.2, 0) is 36.9 Å². The van der Waals surface area contributed by atoms with E-state index >= 15 is 0 Å². The van der Waals surface area contributed by atoms with Gasteiger partial charge in [0.25, 0.3) is 36.0 Å². The van der Waals surface area contributed by atoms with Crippen LogP contribution in [0.3, 0.4) is 0 Å². The Kier molecular flexibility index (Phi) is 11.9. The minimum Gasteiger partial charge on any atom is -0.478 e. The highest BCUT2D eigenvalue weighted by Gasteiger charge is 2.23. The summed E-state index contributed by atoms with van der Waals surface area (Å²) < 4.78 is 105. The van der Waals surface area contributed by atoms with Gasteiger partial charge in [-0.2, -0.15) is 25.3 Å². The summed E-state index contributed by atoms with van der Waals surface area (Å²) in [6, 6.07) is 35.6. The fraction of sp³-hybridized carbons (Fsp3) is 0.0192. The van der Waals surface area contributed by atoms with E-state index in [1.165, 1.54) is 97.1 Å². The topological polar surface area (TPSA) is 290 Å². The van der Waals surface area contributed by atoms with Crippen LogP contribution in [0.1, 0.15) is 38.7 Å². The van der Waals surface area contributed by atoms with Crippen molar-refractivity contribution in [3.8, 4) is 44.5 Å². The Bertz CT molecular complexity index is 4210. The van der Waals surface area contributed by atoms with Gasteiger partial charge in [0.15, 0.2) is 0 Å². The third-order valence-corrected chi connectivity index (χ3v) is 14.9. The first-order valence-electron chi connectivity index (χ1n) is 21.7. The standard InChI is InChI=1S/C52H35N5O13S3/c58-52(59)35-5-3-31(4-6-35)48-40-21-22-41(53-40)49(32-7-15-37(16-8-32)71(62,63)64)43-24-26-45(55-43)51(34-11-19-39(20-12-34)73(68,69)70)47-28-27-46(56(47)29-30-1-13-36(14-2-30)57(60)61)50(44-25-23-42(48)54-44)33-9-17-38(18-10-33)72(65,66)67/h1-28,53H,29H2,(H,58,59)(H,62,63,64)(H,65,66,67)(H,68,69,70). The number of non-ortho nitro benzene ring substituents is 1. The number of nitrogens with one attached hydrogen (secondary N) is 1. The van der Waals surface area contributed by atoms with Gasteiger partial charge < -0.3 is 14.7 Å². The number of nitrogens with zero attached hydrogens (tertiary/aromatic N) is 4. The Morgan fingerprint density at radius 2 is 0.836 bits per heavy atom. The fourth-order valence-corrected chi connectivity index (χ4v) is 10.3. The van der Waals surface area contributed by atoms with Gasteiger partial charge in [-0.15, -0.1) is 0 Å². The molecule has 21 heteroatoms. The molecule has 0 unspecified atom stereocenters. The van der Waals surface area contributed by atoms with E-state index in [-0.39, 0.29) is 32.5 Å². The Balaban J connectivity index is 1.41. The van der Waals surface area contributed by atoms with Crippen molar-refractivity contribution in [2.75, 3.05) is 0 Å². The van der Waals surface area contributed by atoms with E-state index in [2.05, 4.69) is 4.98 Å². The zero-order chi connectivity index (χ0) is 51.6. The summed E-state index contributed by atoms with van der Waals surface area (Å²) in [5.74, 6) is -1.14. The molecule has 2 aliphatic rings. The first kappa shape index (κ1) is 48.0. The number of fused-ring (bicyclic) bond motifs is 8. The molecule has 5 heterocycles. The summed E-state index contributed by atoms with van der Waals surface area (Å²) in [7, 11) is -13.9. The van der Waals surface area contributed by atoms with Crippen molar-refractivity contribution >= 4 is 88.4 Å². The van der Waals surface area contributed by atoms with Crippen LogP contribution in [0.15, 0.2) is 160 Å². The van der Waals surface area contributed by atoms with E-state index in [9.17, 15) is 58.9 Å². The Hall–Kier alpha value is -8.70. The molecule has 0 aliphatic carbocycles. The van der Waals surface area contributed by atoms with Gasteiger partial charge in [-0.1, -0.05) is 60.7 Å². The van der Waals surface area contributed by atoms with Gasteiger partial charge in [0.05, 0.1) is 59.0 Å². The van der Waals surface area contributed by atoms with Gasteiger partial charge in [0.1, 0.15) is 0 Å². The van der Waals surface area contributed by atoms with Crippen LogP contribution in [0.4, 0.5) is 5.69 Å². The number of aromatic amines is 1. The molecule has 0 atom stereocenters. The Morgan fingerprint density at radius 1 is 0.493 bits per heavy atom. The molecule has 0 spiro atoms. The van der Waals surface area contributed by atoms with Crippen molar-refractivity contribution in [1.82, 2.24) is 19.5 Å². The highest BCUT2D eigenvalue weighted by Crippen LogP contribution is 2.40. The summed E-state index contributed by atoms with van der Waals surface area (Å²) in [5.41, 5.74) is 7.61. The van der Waals surface area contributed by atoms with Crippen LogP contribution in [0.5, 0.6) is 0 Å². The largest absolute Gasteiger partial charge is 0.478 e. The van der Waals surface area contributed by atoms with Crippen molar-refractivity contribution in [3.05, 3.63) is 190 Å². The van der Waals surface area contributed by atoms with E-state index in [0.717, 1.165) is 0 Å². The summed E-state index contributed by atoms with van der Waals surface area (Å²) >= 11 is 0. The molecule has 10 rings (SSSR count).